The highest BCUT2D eigenvalue weighted by Gasteiger charge is 2.17. The van der Waals surface area contributed by atoms with Crippen molar-refractivity contribution in [3.8, 4) is 0 Å². The summed E-state index contributed by atoms with van der Waals surface area (Å²) in [7, 11) is -0.603. The standard InChI is InChI=1S/C16H32O2S2/c1-3-4-5-6-7-8-9-10-11-12-13-20(14-19)15(2)16(17)18/h14-15,20H,3-13H2,1-2H3,(H,17,18). The van der Waals surface area contributed by atoms with Crippen LogP contribution in [0.25, 0.3) is 0 Å². The quantitative estimate of drug-likeness (QED) is 0.258. The molecule has 0 aliphatic carbocycles. The van der Waals surface area contributed by atoms with Gasteiger partial charge in [-0.05, 0) is 19.1 Å². The van der Waals surface area contributed by atoms with Crippen molar-refractivity contribution in [2.24, 2.45) is 0 Å². The van der Waals surface area contributed by atoms with E-state index in [1.165, 1.54) is 57.8 Å². The predicted molar refractivity (Wildman–Crippen MR) is 96.4 cm³/mol. The monoisotopic (exact) mass is 320 g/mol. The average molecular weight is 321 g/mol. The maximum Gasteiger partial charge on any atom is 0.314 e. The third kappa shape index (κ3) is 10.7. The molecule has 0 aromatic rings. The summed E-state index contributed by atoms with van der Waals surface area (Å²) in [6, 6.07) is 0. The Morgan fingerprint density at radius 3 is 1.90 bits per heavy atom. The van der Waals surface area contributed by atoms with Gasteiger partial charge in [0.15, 0.2) is 0 Å². The lowest BCUT2D eigenvalue weighted by atomic mass is 10.1. The van der Waals surface area contributed by atoms with Gasteiger partial charge in [0.2, 0.25) is 0 Å². The van der Waals surface area contributed by atoms with Crippen molar-refractivity contribution in [2.45, 2.75) is 83.3 Å². The minimum atomic E-state index is -0.704. The maximum atomic E-state index is 10.9. The fraction of sp³-hybridized carbons (Fsp3) is 0.875. The largest absolute Gasteiger partial charge is 0.480 e. The van der Waals surface area contributed by atoms with Crippen molar-refractivity contribution in [1.29, 1.82) is 0 Å². The van der Waals surface area contributed by atoms with E-state index in [1.54, 1.807) is 11.6 Å². The Labute approximate surface area is 133 Å². The smallest absolute Gasteiger partial charge is 0.314 e. The van der Waals surface area contributed by atoms with E-state index < -0.39 is 16.9 Å². The van der Waals surface area contributed by atoms with Gasteiger partial charge >= 0.3 is 5.97 Å². The van der Waals surface area contributed by atoms with Crippen LogP contribution in [-0.4, -0.2) is 26.8 Å². The number of thiol groups is 1. The summed E-state index contributed by atoms with van der Waals surface area (Å²) in [6.45, 7) is 4.04. The van der Waals surface area contributed by atoms with Gasteiger partial charge in [0.05, 0.1) is 5.25 Å². The van der Waals surface area contributed by atoms with E-state index in [-0.39, 0.29) is 5.25 Å². The first-order valence-corrected chi connectivity index (χ1v) is 10.2. The predicted octanol–water partition coefficient (Wildman–Crippen LogP) is 5.34. The van der Waals surface area contributed by atoms with Gasteiger partial charge in [-0.2, -0.15) is 0 Å². The van der Waals surface area contributed by atoms with E-state index in [9.17, 15) is 4.79 Å². The molecule has 120 valence electrons. The number of carboxylic acid groups (broad SMARTS) is 1. The molecule has 0 aliphatic heterocycles. The van der Waals surface area contributed by atoms with Crippen LogP contribution in [0.5, 0.6) is 0 Å². The van der Waals surface area contributed by atoms with Crippen LogP contribution in [0.15, 0.2) is 0 Å². The lowest BCUT2D eigenvalue weighted by molar-refractivity contribution is -0.136. The fourth-order valence-corrected chi connectivity index (χ4v) is 4.67. The van der Waals surface area contributed by atoms with Gasteiger partial charge in [-0.1, -0.05) is 76.9 Å². The molecule has 20 heavy (non-hydrogen) atoms. The molecule has 4 heteroatoms. The summed E-state index contributed by atoms with van der Waals surface area (Å²) in [5.74, 6) is 0.285. The number of aliphatic carboxylic acids is 1. The molecular weight excluding hydrogens is 288 g/mol. The Balaban J connectivity index is 3.42. The minimum absolute atomic E-state index is 0.277. The number of carboxylic acids is 1. The van der Waals surface area contributed by atoms with Gasteiger partial charge in [-0.15, -0.1) is 0 Å². The first-order valence-electron chi connectivity index (χ1n) is 8.07. The summed E-state index contributed by atoms with van der Waals surface area (Å²) in [5.41, 5.74) is 0. The summed E-state index contributed by atoms with van der Waals surface area (Å²) in [4.78, 5) is 10.9. The highest BCUT2D eigenvalue weighted by Crippen LogP contribution is 2.30. The Hall–Kier alpha value is -0.0900. The molecule has 2 nitrogen and oxygen atoms in total. The molecule has 0 aliphatic rings. The second-order valence-electron chi connectivity index (χ2n) is 5.54. The normalized spacial score (nSPS) is 14.8. The Morgan fingerprint density at radius 2 is 1.50 bits per heavy atom. The molecule has 0 aromatic heterocycles. The Morgan fingerprint density at radius 1 is 1.05 bits per heavy atom. The molecular formula is C16H32O2S2. The first kappa shape index (κ1) is 19.9. The molecule has 0 fully saturated rings. The number of thiocarbonyl (C=S) groups is 1. The van der Waals surface area contributed by atoms with Gasteiger partial charge in [0, 0.05) is 4.70 Å². The first-order chi connectivity index (χ1) is 9.63. The third-order valence-corrected chi connectivity index (χ3v) is 6.89. The van der Waals surface area contributed by atoms with Crippen molar-refractivity contribution < 1.29 is 9.90 Å². The maximum absolute atomic E-state index is 10.9. The SMILES string of the molecule is CCCCCCCCCCCC[SH](C=S)C(C)C(=O)O. The van der Waals surface area contributed by atoms with Crippen molar-refractivity contribution in [3.63, 3.8) is 0 Å². The highest BCUT2D eigenvalue weighted by molar-refractivity contribution is 8.35. The van der Waals surface area contributed by atoms with Crippen LogP contribution in [0.2, 0.25) is 0 Å². The topological polar surface area (TPSA) is 37.3 Å². The van der Waals surface area contributed by atoms with Crippen molar-refractivity contribution >= 4 is 33.8 Å². The van der Waals surface area contributed by atoms with Crippen LogP contribution in [-0.2, 0) is 4.79 Å². The van der Waals surface area contributed by atoms with Gasteiger partial charge in [-0.3, -0.25) is 4.79 Å². The van der Waals surface area contributed by atoms with Crippen LogP contribution in [0, 0.1) is 0 Å². The molecule has 0 radical (unpaired) electrons. The zero-order chi connectivity index (χ0) is 15.2. The van der Waals surface area contributed by atoms with Crippen molar-refractivity contribution in [2.75, 3.05) is 5.75 Å². The van der Waals surface area contributed by atoms with Crippen molar-refractivity contribution in [3.05, 3.63) is 0 Å². The van der Waals surface area contributed by atoms with E-state index in [2.05, 4.69) is 6.92 Å². The van der Waals surface area contributed by atoms with E-state index in [0.29, 0.717) is 0 Å². The number of hydrogen-bond acceptors (Lipinski definition) is 2. The molecule has 0 aromatic carbocycles. The molecule has 2 unspecified atom stereocenters. The van der Waals surface area contributed by atoms with Crippen LogP contribution in [0.3, 0.4) is 0 Å². The molecule has 2 atom stereocenters. The molecule has 0 heterocycles. The molecule has 0 bridgehead atoms. The molecule has 1 N–H and O–H groups in total. The fourth-order valence-electron chi connectivity index (χ4n) is 2.26. The average Bonchev–Trinajstić information content (AvgIpc) is 2.44. The molecule has 0 amide bonds. The van der Waals surface area contributed by atoms with Gasteiger partial charge in [0.1, 0.15) is 0 Å². The lowest BCUT2D eigenvalue weighted by Gasteiger charge is -2.20. The van der Waals surface area contributed by atoms with Crippen molar-refractivity contribution in [1.82, 2.24) is 0 Å². The summed E-state index contributed by atoms with van der Waals surface area (Å²) in [5, 5.41) is 8.72. The third-order valence-electron chi connectivity index (χ3n) is 3.76. The summed E-state index contributed by atoms with van der Waals surface area (Å²) in [6.07, 6.45) is 13.2. The number of hydrogen-bond donors (Lipinski definition) is 2. The molecule has 0 saturated carbocycles. The zero-order valence-electron chi connectivity index (χ0n) is 13.1. The Kier molecular flexibility index (Phi) is 13.8. The second kappa shape index (κ2) is 13.9. The van der Waals surface area contributed by atoms with E-state index in [4.69, 9.17) is 17.3 Å². The molecule has 0 saturated heterocycles. The van der Waals surface area contributed by atoms with Gasteiger partial charge in [-0.25, -0.2) is 10.9 Å². The number of rotatable bonds is 14. The summed E-state index contributed by atoms with van der Waals surface area (Å²) >= 11 is 4.98. The van der Waals surface area contributed by atoms with Gasteiger partial charge < -0.3 is 5.11 Å². The lowest BCUT2D eigenvalue weighted by Crippen LogP contribution is -2.18. The van der Waals surface area contributed by atoms with E-state index >= 15 is 0 Å². The van der Waals surface area contributed by atoms with Crippen LogP contribution in [0.1, 0.15) is 78.1 Å². The number of unbranched alkanes of at least 4 members (excludes halogenated alkanes) is 9. The molecule has 0 rings (SSSR count). The Bertz CT molecular complexity index is 257. The van der Waals surface area contributed by atoms with Crippen LogP contribution >= 0.6 is 23.1 Å². The van der Waals surface area contributed by atoms with Gasteiger partial charge in [0.25, 0.3) is 0 Å². The molecule has 0 spiro atoms. The van der Waals surface area contributed by atoms with E-state index in [1.807, 2.05) is 0 Å². The van der Waals surface area contributed by atoms with Crippen LogP contribution < -0.4 is 0 Å². The number of carbonyl (C=O) groups is 1. The highest BCUT2D eigenvalue weighted by atomic mass is 32.2. The van der Waals surface area contributed by atoms with Crippen LogP contribution in [0.4, 0.5) is 0 Å². The van der Waals surface area contributed by atoms with E-state index in [0.717, 1.165) is 12.2 Å². The second-order valence-corrected chi connectivity index (χ2v) is 8.63. The minimum Gasteiger partial charge on any atom is -0.480 e. The zero-order valence-corrected chi connectivity index (χ0v) is 14.9. The summed E-state index contributed by atoms with van der Waals surface area (Å²) < 4.78 is 1.71.